The van der Waals surface area contributed by atoms with Crippen LogP contribution >= 0.6 is 11.3 Å². The molecule has 8 heteroatoms. The highest BCUT2D eigenvalue weighted by molar-refractivity contribution is 7.93. The molecule has 0 bridgehead atoms. The summed E-state index contributed by atoms with van der Waals surface area (Å²) in [6, 6.07) is 6.68. The summed E-state index contributed by atoms with van der Waals surface area (Å²) in [5, 5.41) is 9.77. The minimum atomic E-state index is -3.90. The van der Waals surface area contributed by atoms with Gasteiger partial charge in [0.2, 0.25) is 0 Å². The second-order valence-electron chi connectivity index (χ2n) is 5.30. The molecular weight excluding hydrogens is 348 g/mol. The maximum atomic E-state index is 12.8. The van der Waals surface area contributed by atoms with Crippen LogP contribution in [0.4, 0.5) is 5.00 Å². The third-order valence-electron chi connectivity index (χ3n) is 3.92. The van der Waals surface area contributed by atoms with E-state index in [1.165, 1.54) is 37.7 Å². The number of ether oxygens (including phenoxy) is 2. The Bertz CT molecular complexity index is 926. The number of nitrogens with one attached hydrogen (secondary N) is 1. The van der Waals surface area contributed by atoms with Gasteiger partial charge in [-0.1, -0.05) is 0 Å². The van der Waals surface area contributed by atoms with E-state index in [4.69, 9.17) is 9.47 Å². The number of aryl methyl sites for hydroxylation is 1. The molecule has 1 aliphatic carbocycles. The first-order valence-corrected chi connectivity index (χ1v) is 9.59. The van der Waals surface area contributed by atoms with E-state index in [1.54, 1.807) is 6.07 Å². The van der Waals surface area contributed by atoms with Crippen molar-refractivity contribution in [1.29, 1.82) is 5.26 Å². The summed E-state index contributed by atoms with van der Waals surface area (Å²) in [4.78, 5) is 1.06. The van der Waals surface area contributed by atoms with Crippen molar-refractivity contribution in [3.8, 4) is 17.6 Å². The van der Waals surface area contributed by atoms with Crippen LogP contribution in [-0.4, -0.2) is 22.6 Å². The van der Waals surface area contributed by atoms with Gasteiger partial charge in [-0.2, -0.15) is 5.26 Å². The number of nitrogens with zero attached hydrogens (tertiary/aromatic N) is 1. The van der Waals surface area contributed by atoms with Crippen molar-refractivity contribution >= 4 is 26.4 Å². The molecule has 0 saturated carbocycles. The van der Waals surface area contributed by atoms with Crippen molar-refractivity contribution < 1.29 is 17.9 Å². The molecular formula is C16H16N2O4S2. The molecule has 0 unspecified atom stereocenters. The van der Waals surface area contributed by atoms with Crippen LogP contribution in [0.5, 0.6) is 11.5 Å². The highest BCUT2D eigenvalue weighted by atomic mass is 32.2. The van der Waals surface area contributed by atoms with Gasteiger partial charge in [-0.05, 0) is 37.0 Å². The Hall–Kier alpha value is -2.24. The van der Waals surface area contributed by atoms with Crippen molar-refractivity contribution in [3.05, 3.63) is 34.2 Å². The van der Waals surface area contributed by atoms with Crippen LogP contribution in [0.1, 0.15) is 22.4 Å². The highest BCUT2D eigenvalue weighted by Crippen LogP contribution is 2.40. The highest BCUT2D eigenvalue weighted by Gasteiger charge is 2.27. The van der Waals surface area contributed by atoms with Crippen molar-refractivity contribution in [1.82, 2.24) is 0 Å². The lowest BCUT2D eigenvalue weighted by Gasteiger charge is -2.12. The normalized spacial score (nSPS) is 13.2. The summed E-state index contributed by atoms with van der Waals surface area (Å²) in [6.45, 7) is 0. The molecule has 126 valence electrons. The number of rotatable bonds is 5. The lowest BCUT2D eigenvalue weighted by atomic mass is 10.1. The van der Waals surface area contributed by atoms with Gasteiger partial charge >= 0.3 is 0 Å². The molecule has 0 radical (unpaired) electrons. The predicted octanol–water partition coefficient (Wildman–Crippen LogP) is 2.93. The zero-order valence-corrected chi connectivity index (χ0v) is 14.9. The first-order valence-electron chi connectivity index (χ1n) is 7.29. The fourth-order valence-corrected chi connectivity index (χ4v) is 5.50. The molecule has 1 heterocycles. The third-order valence-corrected chi connectivity index (χ3v) is 6.63. The fraction of sp³-hybridized carbons (Fsp3) is 0.312. The lowest BCUT2D eigenvalue weighted by molar-refractivity contribution is 0.392. The number of hydrogen-bond acceptors (Lipinski definition) is 6. The van der Waals surface area contributed by atoms with E-state index in [2.05, 4.69) is 10.8 Å². The largest absolute Gasteiger partial charge is 0.497 e. The molecule has 3 rings (SSSR count). The Kier molecular flexibility index (Phi) is 4.39. The van der Waals surface area contributed by atoms with Gasteiger partial charge < -0.3 is 9.47 Å². The van der Waals surface area contributed by atoms with E-state index in [9.17, 15) is 13.7 Å². The Morgan fingerprint density at radius 2 is 2.04 bits per heavy atom. The van der Waals surface area contributed by atoms with Crippen molar-refractivity contribution in [2.75, 3.05) is 18.9 Å². The van der Waals surface area contributed by atoms with Crippen LogP contribution < -0.4 is 14.2 Å². The zero-order chi connectivity index (χ0) is 17.3. The van der Waals surface area contributed by atoms with Gasteiger partial charge in [-0.3, -0.25) is 4.72 Å². The third kappa shape index (κ3) is 2.81. The first-order chi connectivity index (χ1) is 11.5. The Morgan fingerprint density at radius 3 is 2.71 bits per heavy atom. The summed E-state index contributed by atoms with van der Waals surface area (Å²) >= 11 is 1.33. The van der Waals surface area contributed by atoms with E-state index < -0.39 is 10.0 Å². The van der Waals surface area contributed by atoms with Crippen molar-refractivity contribution in [2.24, 2.45) is 0 Å². The lowest BCUT2D eigenvalue weighted by Crippen LogP contribution is -2.14. The number of benzene rings is 1. The summed E-state index contributed by atoms with van der Waals surface area (Å²) < 4.78 is 38.4. The first kappa shape index (κ1) is 16.6. The zero-order valence-electron chi connectivity index (χ0n) is 13.3. The van der Waals surface area contributed by atoms with E-state index in [0.29, 0.717) is 16.3 Å². The van der Waals surface area contributed by atoms with Crippen LogP contribution in [0, 0.1) is 11.3 Å². The smallest absolute Gasteiger partial charge is 0.266 e. The number of sulfonamides is 1. The molecule has 24 heavy (non-hydrogen) atoms. The van der Waals surface area contributed by atoms with Crippen LogP contribution in [-0.2, 0) is 22.9 Å². The number of methoxy groups -OCH3 is 2. The quantitative estimate of drug-likeness (QED) is 0.881. The van der Waals surface area contributed by atoms with Crippen molar-refractivity contribution in [2.45, 2.75) is 24.2 Å². The molecule has 1 N–H and O–H groups in total. The fourth-order valence-electron chi connectivity index (χ4n) is 2.77. The van der Waals surface area contributed by atoms with Gasteiger partial charge in [-0.25, -0.2) is 8.42 Å². The van der Waals surface area contributed by atoms with Gasteiger partial charge in [0, 0.05) is 10.9 Å². The van der Waals surface area contributed by atoms with E-state index >= 15 is 0 Å². The average molecular weight is 364 g/mol. The van der Waals surface area contributed by atoms with Crippen LogP contribution in [0.25, 0.3) is 0 Å². The van der Waals surface area contributed by atoms with E-state index in [1.807, 2.05) is 0 Å². The summed E-state index contributed by atoms with van der Waals surface area (Å²) in [6.07, 6.45) is 2.71. The molecule has 6 nitrogen and oxygen atoms in total. The molecule has 0 amide bonds. The number of fused-ring (bicyclic) bond motifs is 1. The Labute approximate surface area is 144 Å². The van der Waals surface area contributed by atoms with Gasteiger partial charge in [0.1, 0.15) is 27.5 Å². The maximum absolute atomic E-state index is 12.8. The van der Waals surface area contributed by atoms with Gasteiger partial charge in [0.15, 0.2) is 0 Å². The van der Waals surface area contributed by atoms with Gasteiger partial charge in [0.25, 0.3) is 10.0 Å². The van der Waals surface area contributed by atoms with E-state index in [-0.39, 0.29) is 10.6 Å². The molecule has 0 saturated heterocycles. The molecule has 0 fully saturated rings. The van der Waals surface area contributed by atoms with Crippen LogP contribution in [0.2, 0.25) is 0 Å². The number of hydrogen-bond donors (Lipinski definition) is 1. The topological polar surface area (TPSA) is 88.4 Å². The van der Waals surface area contributed by atoms with E-state index in [0.717, 1.165) is 29.7 Å². The maximum Gasteiger partial charge on any atom is 0.266 e. The van der Waals surface area contributed by atoms with Crippen molar-refractivity contribution in [3.63, 3.8) is 0 Å². The molecule has 0 atom stereocenters. The number of anilines is 1. The van der Waals surface area contributed by atoms with Gasteiger partial charge in [0.05, 0.1) is 19.8 Å². The average Bonchev–Trinajstić information content (AvgIpc) is 3.14. The van der Waals surface area contributed by atoms with Crippen LogP contribution in [0.15, 0.2) is 23.1 Å². The summed E-state index contributed by atoms with van der Waals surface area (Å²) in [5.74, 6) is 0.622. The molecule has 0 spiro atoms. The predicted molar refractivity (Wildman–Crippen MR) is 91.4 cm³/mol. The molecule has 2 aromatic rings. The number of thiophene rings is 1. The number of nitriles is 1. The monoisotopic (exact) mass is 364 g/mol. The molecule has 1 aromatic carbocycles. The molecule has 1 aromatic heterocycles. The van der Waals surface area contributed by atoms with Crippen LogP contribution in [0.3, 0.4) is 0 Å². The second kappa shape index (κ2) is 6.34. The minimum Gasteiger partial charge on any atom is -0.497 e. The SMILES string of the molecule is COc1ccc(OC)c(S(=O)(=O)Nc2sc3c(c2C#N)CCC3)c1. The second-order valence-corrected chi connectivity index (χ2v) is 8.05. The molecule has 0 aliphatic heterocycles. The Balaban J connectivity index is 2.03. The summed E-state index contributed by atoms with van der Waals surface area (Å²) in [7, 11) is -1.04. The summed E-state index contributed by atoms with van der Waals surface area (Å²) in [5.41, 5.74) is 1.40. The minimum absolute atomic E-state index is 0.0261. The Morgan fingerprint density at radius 1 is 1.25 bits per heavy atom. The van der Waals surface area contributed by atoms with Gasteiger partial charge in [-0.15, -0.1) is 11.3 Å². The standard InChI is InChI=1S/C16H16N2O4S2/c1-21-10-6-7-13(22-2)15(8-10)24(19,20)18-16-12(9-17)11-4-3-5-14(11)23-16/h6-8,18H,3-5H2,1-2H3. The molecule has 1 aliphatic rings.